The van der Waals surface area contributed by atoms with Crippen molar-refractivity contribution >= 4 is 0 Å². The fourth-order valence-electron chi connectivity index (χ4n) is 5.03. The Balaban J connectivity index is 1.26. The average Bonchev–Trinajstić information content (AvgIpc) is 3.32. The zero-order chi connectivity index (χ0) is 22.2. The lowest BCUT2D eigenvalue weighted by Gasteiger charge is -2.37. The Bertz CT molecular complexity index is 828. The van der Waals surface area contributed by atoms with Crippen LogP contribution in [-0.4, -0.2) is 57.1 Å². The first kappa shape index (κ1) is 23.1. The van der Waals surface area contributed by atoms with Crippen LogP contribution in [-0.2, 0) is 22.5 Å². The number of ether oxygens (including phenoxy) is 4. The highest BCUT2D eigenvalue weighted by molar-refractivity contribution is 5.42. The van der Waals surface area contributed by atoms with Crippen molar-refractivity contribution in [2.45, 2.75) is 63.4 Å². The molecule has 1 aliphatic heterocycles. The summed E-state index contributed by atoms with van der Waals surface area (Å²) >= 11 is 0. The van der Waals surface area contributed by atoms with E-state index in [9.17, 15) is 0 Å². The fourth-order valence-corrected chi connectivity index (χ4v) is 5.03. The Morgan fingerprint density at radius 2 is 1.66 bits per heavy atom. The standard InChI is InChI=1S/C27H37NO4/c1-29-26-13-12-21(18-27(26)30-2)15-17-31-25-11-7-6-10-24(25)28-16-14-23(19-28)32-20-22-8-4-3-5-9-22/h3-5,8-9,12-13,18,23-25H,6-7,10-11,14-17,19-20H2,1-2H3/t23-,24?,25-/m1/s1. The molecule has 5 nitrogen and oxygen atoms in total. The van der Waals surface area contributed by atoms with Crippen LogP contribution in [0.2, 0.25) is 0 Å². The van der Waals surface area contributed by atoms with Crippen molar-refractivity contribution in [2.24, 2.45) is 0 Å². The van der Waals surface area contributed by atoms with Crippen LogP contribution in [0.1, 0.15) is 43.2 Å². The third kappa shape index (κ3) is 6.03. The number of hydrogen-bond acceptors (Lipinski definition) is 5. The van der Waals surface area contributed by atoms with Gasteiger partial charge in [-0.15, -0.1) is 0 Å². The van der Waals surface area contributed by atoms with E-state index in [0.29, 0.717) is 24.9 Å². The zero-order valence-electron chi connectivity index (χ0n) is 19.5. The third-order valence-corrected chi connectivity index (χ3v) is 6.81. The predicted molar refractivity (Wildman–Crippen MR) is 126 cm³/mol. The fraction of sp³-hybridized carbons (Fsp3) is 0.556. The summed E-state index contributed by atoms with van der Waals surface area (Å²) in [4.78, 5) is 2.62. The molecule has 0 radical (unpaired) electrons. The summed E-state index contributed by atoms with van der Waals surface area (Å²) in [6, 6.07) is 17.1. The van der Waals surface area contributed by atoms with E-state index < -0.39 is 0 Å². The molecule has 2 aliphatic rings. The van der Waals surface area contributed by atoms with E-state index in [2.05, 4.69) is 47.4 Å². The van der Waals surface area contributed by atoms with E-state index in [1.54, 1.807) is 14.2 Å². The van der Waals surface area contributed by atoms with Crippen molar-refractivity contribution in [2.75, 3.05) is 33.9 Å². The van der Waals surface area contributed by atoms with Crippen LogP contribution in [0.25, 0.3) is 0 Å². The molecule has 0 N–H and O–H groups in total. The average molecular weight is 440 g/mol. The quantitative estimate of drug-likeness (QED) is 0.528. The third-order valence-electron chi connectivity index (χ3n) is 6.81. The summed E-state index contributed by atoms with van der Waals surface area (Å²) < 4.78 is 23.4. The summed E-state index contributed by atoms with van der Waals surface area (Å²) in [6.07, 6.45) is 7.58. The van der Waals surface area contributed by atoms with E-state index in [1.165, 1.54) is 30.4 Å². The molecule has 1 saturated heterocycles. The second-order valence-electron chi connectivity index (χ2n) is 8.90. The van der Waals surface area contributed by atoms with Gasteiger partial charge in [0.1, 0.15) is 0 Å². The first-order valence-corrected chi connectivity index (χ1v) is 12.0. The van der Waals surface area contributed by atoms with Gasteiger partial charge in [-0.3, -0.25) is 4.90 Å². The number of nitrogens with zero attached hydrogens (tertiary/aromatic N) is 1. The van der Waals surface area contributed by atoms with Gasteiger partial charge in [0.15, 0.2) is 11.5 Å². The Labute approximate surface area is 192 Å². The van der Waals surface area contributed by atoms with Crippen molar-refractivity contribution in [1.82, 2.24) is 4.90 Å². The van der Waals surface area contributed by atoms with E-state index in [-0.39, 0.29) is 0 Å². The van der Waals surface area contributed by atoms with Gasteiger partial charge in [-0.1, -0.05) is 49.2 Å². The van der Waals surface area contributed by atoms with Gasteiger partial charge in [-0.2, -0.15) is 0 Å². The Kier molecular flexibility index (Phi) is 8.43. The highest BCUT2D eigenvalue weighted by atomic mass is 16.5. The number of hydrogen-bond donors (Lipinski definition) is 0. The summed E-state index contributed by atoms with van der Waals surface area (Å²) in [5.74, 6) is 1.54. The first-order chi connectivity index (χ1) is 15.8. The number of benzene rings is 2. The van der Waals surface area contributed by atoms with Crippen LogP contribution >= 0.6 is 0 Å². The van der Waals surface area contributed by atoms with Gasteiger partial charge in [-0.05, 0) is 48.9 Å². The lowest BCUT2D eigenvalue weighted by molar-refractivity contribution is -0.0352. The maximum atomic E-state index is 6.45. The molecular formula is C27H37NO4. The molecule has 2 aromatic rings. The summed E-state index contributed by atoms with van der Waals surface area (Å²) in [5, 5.41) is 0. The SMILES string of the molecule is COc1ccc(CCO[C@@H]2CCCCC2N2CC[C@@H](OCc3ccccc3)C2)cc1OC. The minimum Gasteiger partial charge on any atom is -0.493 e. The molecular weight excluding hydrogens is 402 g/mol. The Morgan fingerprint density at radius 1 is 0.844 bits per heavy atom. The van der Waals surface area contributed by atoms with Crippen molar-refractivity contribution in [3.8, 4) is 11.5 Å². The highest BCUT2D eigenvalue weighted by Gasteiger charge is 2.35. The molecule has 32 heavy (non-hydrogen) atoms. The van der Waals surface area contributed by atoms with Gasteiger partial charge in [0.25, 0.3) is 0 Å². The van der Waals surface area contributed by atoms with Gasteiger partial charge < -0.3 is 18.9 Å². The van der Waals surface area contributed by atoms with E-state index >= 15 is 0 Å². The second kappa shape index (κ2) is 11.7. The Hall–Kier alpha value is -2.08. The van der Waals surface area contributed by atoms with Gasteiger partial charge in [0.2, 0.25) is 0 Å². The molecule has 174 valence electrons. The minimum absolute atomic E-state index is 0.316. The predicted octanol–water partition coefficient (Wildman–Crippen LogP) is 4.87. The number of likely N-dealkylation sites (tertiary alicyclic amines) is 1. The molecule has 2 fully saturated rings. The zero-order valence-corrected chi connectivity index (χ0v) is 19.5. The van der Waals surface area contributed by atoms with Crippen LogP contribution in [0.15, 0.2) is 48.5 Å². The van der Waals surface area contributed by atoms with Crippen LogP contribution < -0.4 is 9.47 Å². The first-order valence-electron chi connectivity index (χ1n) is 12.0. The molecule has 1 aliphatic carbocycles. The topological polar surface area (TPSA) is 40.2 Å². The lowest BCUT2D eigenvalue weighted by atomic mass is 9.91. The molecule has 3 atom stereocenters. The van der Waals surface area contributed by atoms with Gasteiger partial charge >= 0.3 is 0 Å². The summed E-state index contributed by atoms with van der Waals surface area (Å²) in [7, 11) is 3.34. The largest absolute Gasteiger partial charge is 0.493 e. The van der Waals surface area contributed by atoms with Crippen LogP contribution in [0.4, 0.5) is 0 Å². The second-order valence-corrected chi connectivity index (χ2v) is 8.90. The van der Waals surface area contributed by atoms with Crippen LogP contribution in [0, 0.1) is 0 Å². The van der Waals surface area contributed by atoms with Crippen molar-refractivity contribution in [3.05, 3.63) is 59.7 Å². The molecule has 1 heterocycles. The molecule has 0 spiro atoms. The van der Waals surface area contributed by atoms with Gasteiger partial charge in [0, 0.05) is 19.1 Å². The van der Waals surface area contributed by atoms with Gasteiger partial charge in [0.05, 0.1) is 39.6 Å². The van der Waals surface area contributed by atoms with Crippen molar-refractivity contribution < 1.29 is 18.9 Å². The van der Waals surface area contributed by atoms with Crippen molar-refractivity contribution in [1.29, 1.82) is 0 Å². The van der Waals surface area contributed by atoms with E-state index in [1.807, 2.05) is 6.07 Å². The molecule has 2 aromatic carbocycles. The minimum atomic E-state index is 0.316. The van der Waals surface area contributed by atoms with Crippen LogP contribution in [0.5, 0.6) is 11.5 Å². The molecule has 1 saturated carbocycles. The van der Waals surface area contributed by atoms with Crippen LogP contribution in [0.3, 0.4) is 0 Å². The van der Waals surface area contributed by atoms with E-state index in [4.69, 9.17) is 18.9 Å². The molecule has 5 heteroatoms. The molecule has 0 amide bonds. The molecule has 4 rings (SSSR count). The normalized spacial score (nSPS) is 23.9. The van der Waals surface area contributed by atoms with Gasteiger partial charge in [-0.25, -0.2) is 0 Å². The van der Waals surface area contributed by atoms with Crippen molar-refractivity contribution in [3.63, 3.8) is 0 Å². The van der Waals surface area contributed by atoms with E-state index in [0.717, 1.165) is 50.5 Å². The molecule has 0 aromatic heterocycles. The lowest BCUT2D eigenvalue weighted by Crippen LogP contribution is -2.46. The highest BCUT2D eigenvalue weighted by Crippen LogP contribution is 2.30. The molecule has 0 bridgehead atoms. The molecule has 1 unspecified atom stereocenters. The number of methoxy groups -OCH3 is 2. The summed E-state index contributed by atoms with van der Waals surface area (Å²) in [6.45, 7) is 3.57. The maximum absolute atomic E-state index is 6.45. The smallest absolute Gasteiger partial charge is 0.160 e. The monoisotopic (exact) mass is 439 g/mol. The maximum Gasteiger partial charge on any atom is 0.160 e. The Morgan fingerprint density at radius 3 is 2.47 bits per heavy atom. The summed E-state index contributed by atoms with van der Waals surface area (Å²) in [5.41, 5.74) is 2.46. The number of rotatable bonds is 10.